The summed E-state index contributed by atoms with van der Waals surface area (Å²) in [6, 6.07) is 0. The molecule has 0 heterocycles. The van der Waals surface area contributed by atoms with Gasteiger partial charge in [-0.05, 0) is 24.7 Å². The molecule has 60 valence electrons. The van der Waals surface area contributed by atoms with Crippen LogP contribution in [-0.4, -0.2) is 0 Å². The zero-order valence-corrected chi connectivity index (χ0v) is 7.38. The van der Waals surface area contributed by atoms with Gasteiger partial charge >= 0.3 is 0 Å². The Morgan fingerprint density at radius 3 is 3.00 bits per heavy atom. The Bertz CT molecular complexity index is 208. The summed E-state index contributed by atoms with van der Waals surface area (Å²) in [5.74, 6) is 2.60. The van der Waals surface area contributed by atoms with Crippen LogP contribution in [0.4, 0.5) is 0 Å². The predicted octanol–water partition coefficient (Wildman–Crippen LogP) is 3.16. The van der Waals surface area contributed by atoms with Crippen molar-refractivity contribution < 1.29 is 0 Å². The normalized spacial score (nSPS) is 34.6. The number of hydrogen-bond donors (Lipinski definition) is 0. The van der Waals surface area contributed by atoms with Gasteiger partial charge in [0.2, 0.25) is 0 Å². The first kappa shape index (κ1) is 7.15. The second kappa shape index (κ2) is 2.51. The maximum Gasteiger partial charge on any atom is 0.00138 e. The molecule has 0 amide bonds. The van der Waals surface area contributed by atoms with Crippen LogP contribution < -0.4 is 0 Å². The molecular formula is C11H16. The van der Waals surface area contributed by atoms with Crippen molar-refractivity contribution >= 4 is 0 Å². The highest BCUT2D eigenvalue weighted by molar-refractivity contribution is 5.31. The van der Waals surface area contributed by atoms with Gasteiger partial charge in [0.15, 0.2) is 0 Å². The Labute approximate surface area is 69.0 Å². The third-order valence-electron chi connectivity index (χ3n) is 3.14. The summed E-state index contributed by atoms with van der Waals surface area (Å²) in [6.45, 7) is 4.69. The minimum Gasteiger partial charge on any atom is -0.0770 e. The number of hydrogen-bond acceptors (Lipinski definition) is 0. The Kier molecular flexibility index (Phi) is 1.63. The standard InChI is InChI=1S/C11H16/c1-8(2)10-7-6-9-4-3-5-11(9)10/h3-5,8,10-11H,6-7H2,1-2H3. The molecule has 0 heteroatoms. The second-order valence-electron chi connectivity index (χ2n) is 4.10. The number of rotatable bonds is 1. The lowest BCUT2D eigenvalue weighted by Crippen LogP contribution is -2.11. The Morgan fingerprint density at radius 1 is 1.45 bits per heavy atom. The molecule has 0 aromatic rings. The summed E-state index contributed by atoms with van der Waals surface area (Å²) in [7, 11) is 0. The first-order valence-electron chi connectivity index (χ1n) is 4.66. The molecule has 0 nitrogen and oxygen atoms in total. The molecule has 2 aliphatic carbocycles. The van der Waals surface area contributed by atoms with Crippen LogP contribution in [-0.2, 0) is 0 Å². The van der Waals surface area contributed by atoms with Crippen molar-refractivity contribution in [3.8, 4) is 0 Å². The summed E-state index contributed by atoms with van der Waals surface area (Å²) in [5.41, 5.74) is 1.68. The van der Waals surface area contributed by atoms with Gasteiger partial charge in [-0.1, -0.05) is 37.6 Å². The quantitative estimate of drug-likeness (QED) is 0.536. The van der Waals surface area contributed by atoms with Crippen LogP contribution in [0.25, 0.3) is 0 Å². The van der Waals surface area contributed by atoms with E-state index >= 15 is 0 Å². The van der Waals surface area contributed by atoms with E-state index in [-0.39, 0.29) is 0 Å². The van der Waals surface area contributed by atoms with Gasteiger partial charge in [-0.2, -0.15) is 0 Å². The van der Waals surface area contributed by atoms with Gasteiger partial charge in [0.25, 0.3) is 0 Å². The first-order chi connectivity index (χ1) is 5.29. The van der Waals surface area contributed by atoms with E-state index in [9.17, 15) is 0 Å². The summed E-state index contributed by atoms with van der Waals surface area (Å²) >= 11 is 0. The molecule has 0 aromatic heterocycles. The fourth-order valence-electron chi connectivity index (χ4n) is 2.46. The topological polar surface area (TPSA) is 0 Å². The van der Waals surface area contributed by atoms with Crippen LogP contribution in [0, 0.1) is 17.8 Å². The lowest BCUT2D eigenvalue weighted by molar-refractivity contribution is 0.354. The lowest BCUT2D eigenvalue weighted by atomic mass is 9.86. The van der Waals surface area contributed by atoms with E-state index < -0.39 is 0 Å². The average Bonchev–Trinajstić information content (AvgIpc) is 2.41. The maximum absolute atomic E-state index is 2.38. The molecule has 0 aromatic carbocycles. The minimum atomic E-state index is 0.815. The maximum atomic E-state index is 2.38. The van der Waals surface area contributed by atoms with Crippen molar-refractivity contribution in [2.75, 3.05) is 0 Å². The van der Waals surface area contributed by atoms with Crippen LogP contribution in [0.15, 0.2) is 23.8 Å². The molecule has 2 aliphatic rings. The number of allylic oxidation sites excluding steroid dienone is 4. The summed E-state index contributed by atoms with van der Waals surface area (Å²) < 4.78 is 0. The van der Waals surface area contributed by atoms with E-state index in [1.165, 1.54) is 12.8 Å². The van der Waals surface area contributed by atoms with Crippen LogP contribution in [0.1, 0.15) is 26.7 Å². The van der Waals surface area contributed by atoms with Crippen molar-refractivity contribution in [2.45, 2.75) is 26.7 Å². The van der Waals surface area contributed by atoms with E-state index in [0.717, 1.165) is 17.8 Å². The molecule has 0 N–H and O–H groups in total. The molecule has 0 aliphatic heterocycles. The van der Waals surface area contributed by atoms with Crippen molar-refractivity contribution in [2.24, 2.45) is 17.8 Å². The predicted molar refractivity (Wildman–Crippen MR) is 48.3 cm³/mol. The molecule has 2 unspecified atom stereocenters. The summed E-state index contributed by atoms with van der Waals surface area (Å²) in [5, 5.41) is 0. The molecular weight excluding hydrogens is 132 g/mol. The smallest absolute Gasteiger partial charge is 0.00138 e. The summed E-state index contributed by atoms with van der Waals surface area (Å²) in [6.07, 6.45) is 9.69. The Balaban J connectivity index is 2.16. The van der Waals surface area contributed by atoms with Gasteiger partial charge < -0.3 is 0 Å². The van der Waals surface area contributed by atoms with E-state index in [4.69, 9.17) is 0 Å². The van der Waals surface area contributed by atoms with Crippen molar-refractivity contribution in [1.29, 1.82) is 0 Å². The van der Waals surface area contributed by atoms with Crippen LogP contribution >= 0.6 is 0 Å². The monoisotopic (exact) mass is 148 g/mol. The van der Waals surface area contributed by atoms with Gasteiger partial charge in [0.1, 0.15) is 0 Å². The van der Waals surface area contributed by atoms with Gasteiger partial charge in [-0.25, -0.2) is 0 Å². The van der Waals surface area contributed by atoms with Gasteiger partial charge in [0, 0.05) is 5.92 Å². The molecule has 0 radical (unpaired) electrons. The van der Waals surface area contributed by atoms with Crippen LogP contribution in [0.5, 0.6) is 0 Å². The van der Waals surface area contributed by atoms with Crippen LogP contribution in [0.2, 0.25) is 0 Å². The highest BCUT2D eigenvalue weighted by Gasteiger charge is 2.32. The third-order valence-corrected chi connectivity index (χ3v) is 3.14. The van der Waals surface area contributed by atoms with Crippen molar-refractivity contribution in [3.63, 3.8) is 0 Å². The fraction of sp³-hybridized carbons (Fsp3) is 0.636. The van der Waals surface area contributed by atoms with Gasteiger partial charge in [-0.15, -0.1) is 0 Å². The molecule has 2 rings (SSSR count). The molecule has 0 bridgehead atoms. The minimum absolute atomic E-state index is 0.815. The SMILES string of the molecule is CC(C)C1CCC2=CC=CC21. The molecule has 0 spiro atoms. The van der Waals surface area contributed by atoms with E-state index in [1.807, 2.05) is 0 Å². The Hall–Kier alpha value is -0.520. The fourth-order valence-corrected chi connectivity index (χ4v) is 2.46. The molecule has 11 heavy (non-hydrogen) atoms. The number of fused-ring (bicyclic) bond motifs is 1. The lowest BCUT2D eigenvalue weighted by Gasteiger charge is -2.19. The zero-order chi connectivity index (χ0) is 7.84. The third kappa shape index (κ3) is 1.05. The molecule has 1 saturated carbocycles. The Morgan fingerprint density at radius 2 is 2.27 bits per heavy atom. The van der Waals surface area contributed by atoms with Crippen molar-refractivity contribution in [3.05, 3.63) is 23.8 Å². The molecule has 2 atom stereocenters. The molecule has 0 saturated heterocycles. The van der Waals surface area contributed by atoms with E-state index in [2.05, 4.69) is 32.1 Å². The largest absolute Gasteiger partial charge is 0.0770 e. The van der Waals surface area contributed by atoms with E-state index in [1.54, 1.807) is 5.57 Å². The highest BCUT2D eigenvalue weighted by Crippen LogP contribution is 2.43. The first-order valence-corrected chi connectivity index (χ1v) is 4.66. The van der Waals surface area contributed by atoms with Gasteiger partial charge in [0.05, 0.1) is 0 Å². The van der Waals surface area contributed by atoms with E-state index in [0.29, 0.717) is 0 Å². The zero-order valence-electron chi connectivity index (χ0n) is 7.38. The average molecular weight is 148 g/mol. The molecule has 1 fully saturated rings. The summed E-state index contributed by atoms with van der Waals surface area (Å²) in [4.78, 5) is 0. The second-order valence-corrected chi connectivity index (χ2v) is 4.10. The van der Waals surface area contributed by atoms with Gasteiger partial charge in [-0.3, -0.25) is 0 Å². The highest BCUT2D eigenvalue weighted by atomic mass is 14.4. The van der Waals surface area contributed by atoms with Crippen molar-refractivity contribution in [1.82, 2.24) is 0 Å². The van der Waals surface area contributed by atoms with Crippen LogP contribution in [0.3, 0.4) is 0 Å².